The Labute approximate surface area is 143 Å². The molecule has 6 heteroatoms. The molecule has 0 bridgehead atoms. The highest BCUT2D eigenvalue weighted by Gasteiger charge is 2.09. The number of aromatic nitrogens is 1. The number of rotatable bonds is 5. The van der Waals surface area contributed by atoms with E-state index in [4.69, 9.17) is 0 Å². The second-order valence-corrected chi connectivity index (χ2v) is 6.07. The van der Waals surface area contributed by atoms with Crippen molar-refractivity contribution >= 4 is 28.8 Å². The van der Waals surface area contributed by atoms with Gasteiger partial charge in [0.05, 0.1) is 12.1 Å². The molecule has 0 aliphatic rings. The van der Waals surface area contributed by atoms with Crippen molar-refractivity contribution in [3.05, 3.63) is 82.3 Å². The zero-order valence-corrected chi connectivity index (χ0v) is 13.5. The first kappa shape index (κ1) is 15.9. The van der Waals surface area contributed by atoms with E-state index in [2.05, 4.69) is 15.6 Å². The second-order valence-electron chi connectivity index (χ2n) is 5.04. The molecule has 2 heterocycles. The molecule has 1 aromatic carbocycles. The van der Waals surface area contributed by atoms with Crippen molar-refractivity contribution in [2.24, 2.45) is 0 Å². The monoisotopic (exact) mass is 337 g/mol. The van der Waals surface area contributed by atoms with Crippen LogP contribution in [0.15, 0.2) is 66.3 Å². The first-order valence-corrected chi connectivity index (χ1v) is 8.22. The number of thiophene rings is 1. The van der Waals surface area contributed by atoms with Crippen molar-refractivity contribution in [3.8, 4) is 0 Å². The maximum Gasteiger partial charge on any atom is 0.257 e. The summed E-state index contributed by atoms with van der Waals surface area (Å²) in [7, 11) is 0. The van der Waals surface area contributed by atoms with Gasteiger partial charge in [-0.3, -0.25) is 14.6 Å². The van der Waals surface area contributed by atoms with E-state index in [1.54, 1.807) is 53.9 Å². The largest absolute Gasteiger partial charge is 0.347 e. The normalized spacial score (nSPS) is 10.2. The number of carbonyl (C=O) groups excluding carboxylic acids is 2. The minimum absolute atomic E-state index is 0.180. The van der Waals surface area contributed by atoms with Crippen LogP contribution >= 0.6 is 11.3 Å². The number of pyridine rings is 1. The molecule has 0 unspecified atom stereocenters. The number of hydrogen-bond donors (Lipinski definition) is 2. The van der Waals surface area contributed by atoms with Crippen molar-refractivity contribution in [1.29, 1.82) is 0 Å². The van der Waals surface area contributed by atoms with Gasteiger partial charge < -0.3 is 10.6 Å². The average Bonchev–Trinajstić information content (AvgIpc) is 3.14. The Balaban J connectivity index is 1.65. The van der Waals surface area contributed by atoms with Gasteiger partial charge in [0.25, 0.3) is 11.8 Å². The van der Waals surface area contributed by atoms with Crippen molar-refractivity contribution in [3.63, 3.8) is 0 Å². The number of carbonyl (C=O) groups is 2. The second kappa shape index (κ2) is 7.52. The zero-order valence-electron chi connectivity index (χ0n) is 12.7. The van der Waals surface area contributed by atoms with Gasteiger partial charge in [-0.05, 0) is 41.8 Å². The fraction of sp³-hybridized carbons (Fsp3) is 0.0556. The van der Waals surface area contributed by atoms with Crippen LogP contribution in [0.25, 0.3) is 0 Å². The maximum atomic E-state index is 12.2. The molecule has 120 valence electrons. The van der Waals surface area contributed by atoms with Crippen LogP contribution < -0.4 is 10.6 Å². The van der Waals surface area contributed by atoms with Gasteiger partial charge in [-0.2, -0.15) is 0 Å². The van der Waals surface area contributed by atoms with Crippen LogP contribution in [0, 0.1) is 0 Å². The molecule has 2 N–H and O–H groups in total. The topological polar surface area (TPSA) is 71.1 Å². The van der Waals surface area contributed by atoms with Gasteiger partial charge in [0.1, 0.15) is 0 Å². The van der Waals surface area contributed by atoms with E-state index in [0.717, 1.165) is 4.88 Å². The third kappa shape index (κ3) is 4.05. The Morgan fingerprint density at radius 1 is 1.00 bits per heavy atom. The predicted octanol–water partition coefficient (Wildman–Crippen LogP) is 3.33. The first-order valence-electron chi connectivity index (χ1n) is 7.34. The van der Waals surface area contributed by atoms with Gasteiger partial charge in [-0.15, -0.1) is 11.3 Å². The lowest BCUT2D eigenvalue weighted by atomic mass is 10.1. The highest BCUT2D eigenvalue weighted by atomic mass is 32.1. The molecule has 0 atom stereocenters. The highest BCUT2D eigenvalue weighted by molar-refractivity contribution is 7.09. The number of hydrogen-bond acceptors (Lipinski definition) is 4. The van der Waals surface area contributed by atoms with Crippen LogP contribution in [0.1, 0.15) is 25.6 Å². The van der Waals surface area contributed by atoms with Crippen molar-refractivity contribution in [2.75, 3.05) is 5.32 Å². The quantitative estimate of drug-likeness (QED) is 0.750. The summed E-state index contributed by atoms with van der Waals surface area (Å²) in [6, 6.07) is 14.1. The van der Waals surface area contributed by atoms with E-state index < -0.39 is 0 Å². The first-order chi connectivity index (χ1) is 11.7. The molecule has 0 radical (unpaired) electrons. The minimum Gasteiger partial charge on any atom is -0.347 e. The van der Waals surface area contributed by atoms with Gasteiger partial charge in [-0.25, -0.2) is 0 Å². The lowest BCUT2D eigenvalue weighted by molar-refractivity contribution is 0.0950. The Hall–Kier alpha value is -2.99. The van der Waals surface area contributed by atoms with Crippen LogP contribution in [0.2, 0.25) is 0 Å². The summed E-state index contributed by atoms with van der Waals surface area (Å²) in [4.78, 5) is 29.4. The Bertz CT molecular complexity index is 832. The Kier molecular flexibility index (Phi) is 4.98. The third-order valence-electron chi connectivity index (χ3n) is 3.31. The molecule has 2 aromatic heterocycles. The summed E-state index contributed by atoms with van der Waals surface area (Å²) < 4.78 is 0. The summed E-state index contributed by atoms with van der Waals surface area (Å²) in [6.45, 7) is 0.489. The van der Waals surface area contributed by atoms with Crippen molar-refractivity contribution in [1.82, 2.24) is 10.3 Å². The van der Waals surface area contributed by atoms with E-state index in [1.807, 2.05) is 17.5 Å². The van der Waals surface area contributed by atoms with Crippen LogP contribution in [0.4, 0.5) is 5.69 Å². The SMILES string of the molecule is O=C(NCc1cccs1)c1cccc(NC(=O)c2cccnc2)c1. The summed E-state index contributed by atoms with van der Waals surface area (Å²) in [6.07, 6.45) is 3.10. The van der Waals surface area contributed by atoms with E-state index in [0.29, 0.717) is 23.4 Å². The summed E-state index contributed by atoms with van der Waals surface area (Å²) in [5, 5.41) is 7.60. The molecule has 5 nitrogen and oxygen atoms in total. The number of nitrogens with one attached hydrogen (secondary N) is 2. The molecular weight excluding hydrogens is 322 g/mol. The zero-order chi connectivity index (χ0) is 16.8. The average molecular weight is 337 g/mol. The van der Waals surface area contributed by atoms with Crippen LogP contribution in [-0.2, 0) is 6.54 Å². The van der Waals surface area contributed by atoms with E-state index in [9.17, 15) is 9.59 Å². The molecule has 3 rings (SSSR count). The van der Waals surface area contributed by atoms with Gasteiger partial charge in [0.2, 0.25) is 0 Å². The summed E-state index contributed by atoms with van der Waals surface area (Å²) in [5.74, 6) is -0.444. The number of benzene rings is 1. The molecule has 3 aromatic rings. The number of anilines is 1. The van der Waals surface area contributed by atoms with Crippen LogP contribution in [-0.4, -0.2) is 16.8 Å². The Morgan fingerprint density at radius 3 is 2.62 bits per heavy atom. The molecule has 0 saturated heterocycles. The number of nitrogens with zero attached hydrogens (tertiary/aromatic N) is 1. The number of amides is 2. The fourth-order valence-corrected chi connectivity index (χ4v) is 2.77. The predicted molar refractivity (Wildman–Crippen MR) is 94.1 cm³/mol. The molecule has 24 heavy (non-hydrogen) atoms. The molecule has 0 fully saturated rings. The summed E-state index contributed by atoms with van der Waals surface area (Å²) >= 11 is 1.59. The van der Waals surface area contributed by atoms with Gasteiger partial charge in [0, 0.05) is 28.5 Å². The standard InChI is InChI=1S/C18H15N3O2S/c22-17(20-12-16-7-3-9-24-16)13-4-1-6-15(10-13)21-18(23)14-5-2-8-19-11-14/h1-11H,12H2,(H,20,22)(H,21,23). The third-order valence-corrected chi connectivity index (χ3v) is 4.19. The van der Waals surface area contributed by atoms with E-state index in [-0.39, 0.29) is 11.8 Å². The lowest BCUT2D eigenvalue weighted by Crippen LogP contribution is -2.22. The lowest BCUT2D eigenvalue weighted by Gasteiger charge is -2.08. The Morgan fingerprint density at radius 2 is 1.88 bits per heavy atom. The molecule has 2 amide bonds. The van der Waals surface area contributed by atoms with Crippen molar-refractivity contribution < 1.29 is 9.59 Å². The van der Waals surface area contributed by atoms with E-state index >= 15 is 0 Å². The molecule has 0 aliphatic heterocycles. The van der Waals surface area contributed by atoms with Gasteiger partial charge >= 0.3 is 0 Å². The fourth-order valence-electron chi connectivity index (χ4n) is 2.12. The summed E-state index contributed by atoms with van der Waals surface area (Å²) in [5.41, 5.74) is 1.52. The van der Waals surface area contributed by atoms with Gasteiger partial charge in [-0.1, -0.05) is 12.1 Å². The van der Waals surface area contributed by atoms with Crippen LogP contribution in [0.3, 0.4) is 0 Å². The van der Waals surface area contributed by atoms with Crippen LogP contribution in [0.5, 0.6) is 0 Å². The van der Waals surface area contributed by atoms with E-state index in [1.165, 1.54) is 6.20 Å². The molecule has 0 spiro atoms. The van der Waals surface area contributed by atoms with Gasteiger partial charge in [0.15, 0.2) is 0 Å². The highest BCUT2D eigenvalue weighted by Crippen LogP contribution is 2.13. The maximum absolute atomic E-state index is 12.2. The molecular formula is C18H15N3O2S. The molecule has 0 aliphatic carbocycles. The molecule has 0 saturated carbocycles. The van der Waals surface area contributed by atoms with Crippen molar-refractivity contribution in [2.45, 2.75) is 6.54 Å². The minimum atomic E-state index is -0.265. The smallest absolute Gasteiger partial charge is 0.257 e.